The van der Waals surface area contributed by atoms with Gasteiger partial charge in [0.1, 0.15) is 11.4 Å². The molecule has 6 nitrogen and oxygen atoms in total. The van der Waals surface area contributed by atoms with Crippen LogP contribution in [-0.4, -0.2) is 31.6 Å². The molecule has 1 amide bonds. The first-order valence-electron chi connectivity index (χ1n) is 9.52. The standard InChI is InChI=1S/C21H19ClF2NO5S/c22-11-4-6-12(7-5-11)31(28,29)21-9-8-16(26)13(10-23)17(21)19(20(25)27)30-18-14(21)2-1-3-15(18)24/h1-7,10,13,16-17,19,26H,8-9H2,(H2,25,27). The van der Waals surface area contributed by atoms with Crippen molar-refractivity contribution in [2.45, 2.75) is 34.7 Å². The smallest absolute Gasteiger partial charge is 0.258 e. The fourth-order valence-electron chi connectivity index (χ4n) is 4.87. The highest BCUT2D eigenvalue weighted by Gasteiger charge is 2.65. The molecule has 5 unspecified atom stereocenters. The molecule has 0 saturated heterocycles. The van der Waals surface area contributed by atoms with Crippen LogP contribution >= 0.6 is 11.6 Å². The highest BCUT2D eigenvalue weighted by atomic mass is 35.5. The second-order valence-corrected chi connectivity index (χ2v) is 10.4. The lowest BCUT2D eigenvalue weighted by Crippen LogP contribution is -2.63. The number of aliphatic hydroxyl groups is 1. The summed E-state index contributed by atoms with van der Waals surface area (Å²) < 4.78 is 60.4. The summed E-state index contributed by atoms with van der Waals surface area (Å²) in [7, 11) is -4.37. The number of sulfone groups is 1. The van der Waals surface area contributed by atoms with Gasteiger partial charge in [0.15, 0.2) is 27.5 Å². The van der Waals surface area contributed by atoms with Gasteiger partial charge in [-0.2, -0.15) is 0 Å². The van der Waals surface area contributed by atoms with E-state index in [-0.39, 0.29) is 30.0 Å². The molecule has 10 heteroatoms. The third kappa shape index (κ3) is 3.13. The van der Waals surface area contributed by atoms with Crippen molar-refractivity contribution in [2.24, 2.45) is 17.6 Å². The number of halogens is 3. The van der Waals surface area contributed by atoms with E-state index in [1.807, 2.05) is 0 Å². The zero-order chi connectivity index (χ0) is 22.6. The number of amides is 1. The Hall–Kier alpha value is -2.23. The van der Waals surface area contributed by atoms with Crippen molar-refractivity contribution in [3.05, 3.63) is 65.5 Å². The maximum Gasteiger partial charge on any atom is 0.258 e. The zero-order valence-corrected chi connectivity index (χ0v) is 17.6. The van der Waals surface area contributed by atoms with Gasteiger partial charge in [-0.15, -0.1) is 0 Å². The van der Waals surface area contributed by atoms with E-state index in [1.165, 1.54) is 36.4 Å². The third-order valence-electron chi connectivity index (χ3n) is 6.23. The van der Waals surface area contributed by atoms with Crippen molar-refractivity contribution >= 4 is 27.3 Å². The van der Waals surface area contributed by atoms with E-state index in [2.05, 4.69) is 0 Å². The highest BCUT2D eigenvalue weighted by molar-refractivity contribution is 7.92. The molecule has 2 aromatic carbocycles. The topological polar surface area (TPSA) is 107 Å². The van der Waals surface area contributed by atoms with Crippen LogP contribution in [0.25, 0.3) is 0 Å². The number of rotatable bonds is 4. The van der Waals surface area contributed by atoms with Crippen LogP contribution in [0.15, 0.2) is 47.4 Å². The number of nitrogens with two attached hydrogens (primary N) is 1. The van der Waals surface area contributed by atoms with Crippen LogP contribution < -0.4 is 10.5 Å². The molecule has 0 bridgehead atoms. The second kappa shape index (κ2) is 7.72. The van der Waals surface area contributed by atoms with Crippen molar-refractivity contribution in [1.82, 2.24) is 0 Å². The van der Waals surface area contributed by atoms with E-state index in [9.17, 15) is 27.1 Å². The van der Waals surface area contributed by atoms with E-state index in [4.69, 9.17) is 22.1 Å². The van der Waals surface area contributed by atoms with Gasteiger partial charge in [0.05, 0.1) is 11.0 Å². The highest BCUT2D eigenvalue weighted by Crippen LogP contribution is 2.59. The van der Waals surface area contributed by atoms with Gasteiger partial charge < -0.3 is 15.6 Å². The number of benzene rings is 2. The molecule has 1 saturated carbocycles. The Kier molecular flexibility index (Phi) is 5.47. The lowest BCUT2D eigenvalue weighted by Gasteiger charge is -2.53. The Morgan fingerprint density at radius 2 is 1.94 bits per heavy atom. The molecule has 1 aliphatic carbocycles. The van der Waals surface area contributed by atoms with Crippen LogP contribution in [-0.2, 0) is 19.4 Å². The van der Waals surface area contributed by atoms with Crippen molar-refractivity contribution in [1.29, 1.82) is 0 Å². The predicted molar refractivity (Wildman–Crippen MR) is 108 cm³/mol. The molecule has 1 heterocycles. The van der Waals surface area contributed by atoms with E-state index < -0.39 is 56.1 Å². The Labute approximate surface area is 182 Å². The Morgan fingerprint density at radius 1 is 1.26 bits per heavy atom. The van der Waals surface area contributed by atoms with Gasteiger partial charge in [0.2, 0.25) is 0 Å². The van der Waals surface area contributed by atoms with Crippen molar-refractivity contribution in [2.75, 3.05) is 0 Å². The number of aliphatic hydroxyl groups excluding tert-OH is 1. The largest absolute Gasteiger partial charge is 0.477 e. The van der Waals surface area contributed by atoms with Crippen LogP contribution in [0.1, 0.15) is 18.4 Å². The lowest BCUT2D eigenvalue weighted by atomic mass is 9.64. The van der Waals surface area contributed by atoms with Crippen molar-refractivity contribution < 1.29 is 31.8 Å². The number of carbonyl (C=O) groups excluding carboxylic acids is 1. The van der Waals surface area contributed by atoms with Crippen LogP contribution in [0.4, 0.5) is 8.78 Å². The fourth-order valence-corrected chi connectivity index (χ4v) is 7.39. The molecule has 0 spiro atoms. The van der Waals surface area contributed by atoms with Crippen molar-refractivity contribution in [3.8, 4) is 5.75 Å². The second-order valence-electron chi connectivity index (χ2n) is 7.74. The zero-order valence-electron chi connectivity index (χ0n) is 16.0. The summed E-state index contributed by atoms with van der Waals surface area (Å²) in [5.74, 6) is -5.19. The van der Waals surface area contributed by atoms with Gasteiger partial charge in [0, 0.05) is 22.4 Å². The average molecular weight is 471 g/mol. The minimum Gasteiger partial charge on any atom is -0.477 e. The first kappa shape index (κ1) is 22.0. The molecule has 1 radical (unpaired) electrons. The van der Waals surface area contributed by atoms with Gasteiger partial charge in [-0.3, -0.25) is 4.79 Å². The fraction of sp³-hybridized carbons (Fsp3) is 0.333. The number of hydrogen-bond acceptors (Lipinski definition) is 5. The molecule has 2 aliphatic rings. The maximum atomic E-state index is 14.7. The summed E-state index contributed by atoms with van der Waals surface area (Å²) >= 11 is 5.90. The van der Waals surface area contributed by atoms with Gasteiger partial charge in [-0.1, -0.05) is 23.7 Å². The maximum absolute atomic E-state index is 14.7. The van der Waals surface area contributed by atoms with Crippen LogP contribution in [0.2, 0.25) is 5.02 Å². The summed E-state index contributed by atoms with van der Waals surface area (Å²) in [5, 5.41) is 10.7. The number of fused-ring (bicyclic) bond motifs is 3. The van der Waals surface area contributed by atoms with Gasteiger partial charge >= 0.3 is 0 Å². The van der Waals surface area contributed by atoms with E-state index in [0.29, 0.717) is 5.02 Å². The monoisotopic (exact) mass is 470 g/mol. The third-order valence-corrected chi connectivity index (χ3v) is 9.03. The van der Waals surface area contributed by atoms with Gasteiger partial charge in [0.25, 0.3) is 5.91 Å². The lowest BCUT2D eigenvalue weighted by molar-refractivity contribution is -0.134. The molecular formula is C21H19ClF2NO5S. The molecule has 1 fully saturated rings. The van der Waals surface area contributed by atoms with Crippen LogP contribution in [0.3, 0.4) is 0 Å². The summed E-state index contributed by atoms with van der Waals surface area (Å²) in [6.07, 6.45) is -3.25. The molecule has 5 atom stereocenters. The normalized spacial score (nSPS) is 30.1. The number of ether oxygens (including phenoxy) is 1. The van der Waals surface area contributed by atoms with E-state index >= 15 is 0 Å². The molecule has 31 heavy (non-hydrogen) atoms. The molecule has 3 N–H and O–H groups in total. The molecule has 4 rings (SSSR count). The first-order valence-corrected chi connectivity index (χ1v) is 11.4. The van der Waals surface area contributed by atoms with Crippen molar-refractivity contribution in [3.63, 3.8) is 0 Å². The number of carbonyl (C=O) groups is 1. The first-order chi connectivity index (χ1) is 14.6. The molecule has 0 aromatic heterocycles. The van der Waals surface area contributed by atoms with Gasteiger partial charge in [-0.25, -0.2) is 17.2 Å². The minimum atomic E-state index is -4.37. The Balaban J connectivity index is 2.08. The molecular weight excluding hydrogens is 452 g/mol. The Bertz CT molecular complexity index is 1130. The van der Waals surface area contributed by atoms with E-state index in [0.717, 1.165) is 6.07 Å². The minimum absolute atomic E-state index is 0.0382. The number of hydrogen-bond donors (Lipinski definition) is 2. The molecule has 165 valence electrons. The Morgan fingerprint density at radius 3 is 2.55 bits per heavy atom. The average Bonchev–Trinajstić information content (AvgIpc) is 2.73. The van der Waals surface area contributed by atoms with Crippen LogP contribution in [0, 0.1) is 24.3 Å². The summed E-state index contributed by atoms with van der Waals surface area (Å²) in [6, 6.07) is 9.10. The number of primary amides is 1. The SMILES string of the molecule is NC(=O)C1Oc2c(F)cccc2C2(S(=O)(=O)c3ccc(Cl)cc3)CCC(O)C([CH]F)C12. The van der Waals surface area contributed by atoms with Gasteiger partial charge in [-0.05, 0) is 43.2 Å². The predicted octanol–water partition coefficient (Wildman–Crippen LogP) is 2.91. The molecule has 2 aromatic rings. The summed E-state index contributed by atoms with van der Waals surface area (Å²) in [4.78, 5) is 12.2. The van der Waals surface area contributed by atoms with Crippen LogP contribution in [0.5, 0.6) is 5.75 Å². The summed E-state index contributed by atoms with van der Waals surface area (Å²) in [6.45, 7) is 0.157. The van der Waals surface area contributed by atoms with E-state index in [1.54, 1.807) is 0 Å². The summed E-state index contributed by atoms with van der Waals surface area (Å²) in [5.41, 5.74) is 5.45. The quantitative estimate of drug-likeness (QED) is 0.714. The molecule has 1 aliphatic heterocycles. The number of para-hydroxylation sites is 1.